The van der Waals surface area contributed by atoms with Gasteiger partial charge in [0, 0.05) is 12.6 Å². The molecule has 0 fully saturated rings. The van der Waals surface area contributed by atoms with E-state index >= 15 is 0 Å². The van der Waals surface area contributed by atoms with Crippen molar-refractivity contribution in [2.45, 2.75) is 6.42 Å². The van der Waals surface area contributed by atoms with E-state index in [4.69, 9.17) is 5.11 Å². The maximum absolute atomic E-state index is 10.6. The maximum Gasteiger partial charge on any atom is 0.284 e. The Morgan fingerprint density at radius 3 is 2.36 bits per heavy atom. The van der Waals surface area contributed by atoms with Crippen LogP contribution in [-0.2, 0) is 14.2 Å². The summed E-state index contributed by atoms with van der Waals surface area (Å²) < 4.78 is 10.6. The van der Waals surface area contributed by atoms with E-state index in [1.807, 2.05) is 0 Å². The third kappa shape index (κ3) is 4.70. The third-order valence-electron chi connectivity index (χ3n) is 1.08. The molecule has 0 aromatic carbocycles. The van der Waals surface area contributed by atoms with Gasteiger partial charge in [0.1, 0.15) is 7.80 Å². The maximum atomic E-state index is 10.6. The number of hydrogen-bond acceptors (Lipinski definition) is 4. The minimum Gasteiger partial charge on any atom is -0.389 e. The molecule has 5 nitrogen and oxygen atoms in total. The van der Waals surface area contributed by atoms with E-state index in [1.165, 1.54) is 0 Å². The number of aliphatic hydroxyl groups excluding tert-OH is 1. The predicted octanol–water partition coefficient (Wildman–Crippen LogP) is -1.06. The Balaban J connectivity index is 3.63. The van der Waals surface area contributed by atoms with Crippen molar-refractivity contribution < 1.29 is 19.3 Å². The Bertz CT molecular complexity index is 191. The SMILES string of the molecule is NC(=O)C(=O)CC[PH](=O)CO. The Morgan fingerprint density at radius 2 is 2.00 bits per heavy atom. The molecule has 0 aliphatic carbocycles. The van der Waals surface area contributed by atoms with Crippen molar-refractivity contribution >= 4 is 19.5 Å². The number of rotatable bonds is 5. The van der Waals surface area contributed by atoms with Crippen LogP contribution in [0.15, 0.2) is 0 Å². The fourth-order valence-electron chi connectivity index (χ4n) is 0.455. The molecule has 6 heteroatoms. The molecule has 0 saturated heterocycles. The molecule has 0 bridgehead atoms. The van der Waals surface area contributed by atoms with Crippen molar-refractivity contribution in [3.8, 4) is 0 Å². The first-order valence-electron chi connectivity index (χ1n) is 3.03. The third-order valence-corrected chi connectivity index (χ3v) is 2.24. The fraction of sp³-hybridized carbons (Fsp3) is 0.600. The van der Waals surface area contributed by atoms with Gasteiger partial charge >= 0.3 is 0 Å². The Labute approximate surface area is 64.4 Å². The molecule has 0 spiro atoms. The zero-order valence-corrected chi connectivity index (χ0v) is 6.87. The molecule has 0 radical (unpaired) electrons. The summed E-state index contributed by atoms with van der Waals surface area (Å²) in [6.07, 6.45) is -0.493. The van der Waals surface area contributed by atoms with Gasteiger partial charge in [-0.15, -0.1) is 0 Å². The summed E-state index contributed by atoms with van der Waals surface area (Å²) in [5, 5.41) is 8.29. The number of carbonyl (C=O) groups excluding carboxylic acids is 2. The van der Waals surface area contributed by atoms with Gasteiger partial charge in [0.25, 0.3) is 5.91 Å². The largest absolute Gasteiger partial charge is 0.389 e. The zero-order chi connectivity index (χ0) is 8.85. The van der Waals surface area contributed by atoms with Gasteiger partial charge in [0.15, 0.2) is 0 Å². The lowest BCUT2D eigenvalue weighted by atomic mass is 10.3. The van der Waals surface area contributed by atoms with Crippen LogP contribution in [0, 0.1) is 0 Å². The van der Waals surface area contributed by atoms with Crippen LogP contribution in [0.4, 0.5) is 0 Å². The van der Waals surface area contributed by atoms with Crippen LogP contribution in [0.5, 0.6) is 0 Å². The van der Waals surface area contributed by atoms with Crippen LogP contribution in [0.1, 0.15) is 6.42 Å². The van der Waals surface area contributed by atoms with Gasteiger partial charge in [-0.2, -0.15) is 0 Å². The average Bonchev–Trinajstić information content (AvgIpc) is 1.99. The second-order valence-electron chi connectivity index (χ2n) is 1.98. The molecule has 0 rings (SSSR count). The molecule has 1 unspecified atom stereocenters. The van der Waals surface area contributed by atoms with Gasteiger partial charge in [0.2, 0.25) is 5.78 Å². The van der Waals surface area contributed by atoms with Gasteiger partial charge < -0.3 is 15.4 Å². The van der Waals surface area contributed by atoms with E-state index in [0.717, 1.165) is 0 Å². The molecule has 3 N–H and O–H groups in total. The molecular formula is C5H10NO4P. The van der Waals surface area contributed by atoms with E-state index in [9.17, 15) is 14.2 Å². The molecule has 0 aliphatic rings. The smallest absolute Gasteiger partial charge is 0.284 e. The minimum atomic E-state index is -2.08. The Hall–Kier alpha value is -0.670. The predicted molar refractivity (Wildman–Crippen MR) is 39.8 cm³/mol. The van der Waals surface area contributed by atoms with Gasteiger partial charge in [-0.3, -0.25) is 9.59 Å². The molecule has 64 valence electrons. The normalized spacial score (nSPS) is 12.5. The standard InChI is InChI=1S/C5H10NO4P/c6-5(9)4(8)1-2-11(10)3-7/h7,11H,1-3H2,(H2,6,9). The van der Waals surface area contributed by atoms with E-state index < -0.39 is 25.8 Å². The van der Waals surface area contributed by atoms with Crippen LogP contribution >= 0.6 is 7.80 Å². The average molecular weight is 179 g/mol. The number of Topliss-reactive ketones (excluding diaryl/α,β-unsaturated/α-hetero) is 1. The highest BCUT2D eigenvalue weighted by Gasteiger charge is 2.09. The zero-order valence-electron chi connectivity index (χ0n) is 5.87. The van der Waals surface area contributed by atoms with Crippen molar-refractivity contribution in [2.24, 2.45) is 5.73 Å². The van der Waals surface area contributed by atoms with Crippen molar-refractivity contribution in [1.82, 2.24) is 0 Å². The van der Waals surface area contributed by atoms with Crippen LogP contribution in [0.2, 0.25) is 0 Å². The van der Waals surface area contributed by atoms with Gasteiger partial charge in [0.05, 0.1) is 6.35 Å². The molecule has 0 saturated carbocycles. The van der Waals surface area contributed by atoms with E-state index in [1.54, 1.807) is 0 Å². The highest BCUT2D eigenvalue weighted by Crippen LogP contribution is 2.18. The monoisotopic (exact) mass is 179 g/mol. The van der Waals surface area contributed by atoms with Crippen molar-refractivity contribution in [3.63, 3.8) is 0 Å². The van der Waals surface area contributed by atoms with Crippen LogP contribution in [-0.4, -0.2) is 29.3 Å². The van der Waals surface area contributed by atoms with Gasteiger partial charge in [-0.25, -0.2) is 0 Å². The second-order valence-corrected chi connectivity index (χ2v) is 3.88. The molecule has 1 amide bonds. The van der Waals surface area contributed by atoms with Crippen molar-refractivity contribution in [1.29, 1.82) is 0 Å². The summed E-state index contributed by atoms with van der Waals surface area (Å²) in [6.45, 7) is 0. The lowest BCUT2D eigenvalue weighted by Gasteiger charge is -1.94. The number of amides is 1. The summed E-state index contributed by atoms with van der Waals surface area (Å²) in [5.41, 5.74) is 4.62. The summed E-state index contributed by atoms with van der Waals surface area (Å²) in [7, 11) is -2.08. The lowest BCUT2D eigenvalue weighted by molar-refractivity contribution is -0.135. The Kier molecular flexibility index (Phi) is 4.74. The number of carbonyl (C=O) groups is 2. The summed E-state index contributed by atoms with van der Waals surface area (Å²) >= 11 is 0. The van der Waals surface area contributed by atoms with Crippen molar-refractivity contribution in [2.75, 3.05) is 12.5 Å². The topological polar surface area (TPSA) is 97.5 Å². The number of hydrogen-bond donors (Lipinski definition) is 2. The molecule has 0 heterocycles. The molecule has 11 heavy (non-hydrogen) atoms. The first kappa shape index (κ1) is 10.3. The highest BCUT2D eigenvalue weighted by atomic mass is 31.1. The number of ketones is 1. The molecule has 0 aromatic heterocycles. The summed E-state index contributed by atoms with van der Waals surface area (Å²) in [6, 6.07) is 0. The fourth-order valence-corrected chi connectivity index (χ4v) is 1.12. The number of primary amides is 1. The lowest BCUT2D eigenvalue weighted by Crippen LogP contribution is -2.23. The number of aliphatic hydroxyl groups is 1. The van der Waals surface area contributed by atoms with Gasteiger partial charge in [-0.05, 0) is 0 Å². The highest BCUT2D eigenvalue weighted by molar-refractivity contribution is 7.44. The van der Waals surface area contributed by atoms with Crippen molar-refractivity contribution in [3.05, 3.63) is 0 Å². The first-order valence-corrected chi connectivity index (χ1v) is 4.85. The molecule has 1 atom stereocenters. The van der Waals surface area contributed by atoms with Crippen LogP contribution < -0.4 is 5.73 Å². The van der Waals surface area contributed by atoms with E-state index in [0.29, 0.717) is 0 Å². The summed E-state index contributed by atoms with van der Waals surface area (Å²) in [5.74, 6) is -1.76. The second kappa shape index (κ2) is 5.04. The quantitative estimate of drug-likeness (QED) is 0.415. The molecule has 0 aliphatic heterocycles. The first-order chi connectivity index (χ1) is 5.07. The van der Waals surface area contributed by atoms with E-state index in [-0.39, 0.29) is 12.6 Å². The van der Waals surface area contributed by atoms with Gasteiger partial charge in [-0.1, -0.05) is 0 Å². The summed E-state index contributed by atoms with van der Waals surface area (Å²) in [4.78, 5) is 20.6. The van der Waals surface area contributed by atoms with E-state index in [2.05, 4.69) is 5.73 Å². The Morgan fingerprint density at radius 1 is 1.45 bits per heavy atom. The minimum absolute atomic E-state index is 0.0585. The molecular weight excluding hydrogens is 169 g/mol. The van der Waals surface area contributed by atoms with Crippen LogP contribution in [0.25, 0.3) is 0 Å². The van der Waals surface area contributed by atoms with Crippen LogP contribution in [0.3, 0.4) is 0 Å². The molecule has 0 aromatic rings. The number of nitrogens with two attached hydrogens (primary N) is 1.